The molecule has 0 aliphatic carbocycles. The van der Waals surface area contributed by atoms with Crippen molar-refractivity contribution >= 4 is 5.91 Å². The van der Waals surface area contributed by atoms with Crippen molar-refractivity contribution in [1.82, 2.24) is 14.9 Å². The van der Waals surface area contributed by atoms with Gasteiger partial charge >= 0.3 is 0 Å². The summed E-state index contributed by atoms with van der Waals surface area (Å²) in [5, 5.41) is 11.7. The van der Waals surface area contributed by atoms with Crippen molar-refractivity contribution in [3.05, 3.63) is 89.5 Å². The standard InChI is InChI=1S/C20H18N4O/c21-14-17-6-8-18(9-7-17)20(25)23-15-19-22-11-13-24(19)12-10-16-4-2-1-3-5-16/h1-9,11,13H,10,12,15H2,(H,23,25). The summed E-state index contributed by atoms with van der Waals surface area (Å²) in [7, 11) is 0. The van der Waals surface area contributed by atoms with Crippen LogP contribution < -0.4 is 5.32 Å². The zero-order valence-electron chi connectivity index (χ0n) is 13.7. The Bertz CT molecular complexity index is 876. The Morgan fingerprint density at radius 1 is 1.12 bits per heavy atom. The van der Waals surface area contributed by atoms with Crippen LogP contribution >= 0.6 is 0 Å². The molecule has 2 aromatic carbocycles. The molecule has 124 valence electrons. The molecule has 1 aromatic heterocycles. The van der Waals surface area contributed by atoms with Gasteiger partial charge in [-0.3, -0.25) is 4.79 Å². The minimum Gasteiger partial charge on any atom is -0.345 e. The molecule has 1 N–H and O–H groups in total. The summed E-state index contributed by atoms with van der Waals surface area (Å²) in [6, 6.07) is 18.9. The van der Waals surface area contributed by atoms with Crippen LogP contribution in [0.25, 0.3) is 0 Å². The summed E-state index contributed by atoms with van der Waals surface area (Å²) in [5.41, 5.74) is 2.33. The Morgan fingerprint density at radius 2 is 1.88 bits per heavy atom. The molecule has 1 heterocycles. The Morgan fingerprint density at radius 3 is 2.60 bits per heavy atom. The minimum atomic E-state index is -0.179. The number of imidazole rings is 1. The van der Waals surface area contributed by atoms with Gasteiger partial charge in [0.05, 0.1) is 18.2 Å². The molecule has 0 atom stereocenters. The number of aryl methyl sites for hydroxylation is 2. The van der Waals surface area contributed by atoms with Gasteiger partial charge in [-0.1, -0.05) is 30.3 Å². The van der Waals surface area contributed by atoms with E-state index in [0.29, 0.717) is 17.7 Å². The second-order valence-corrected chi connectivity index (χ2v) is 5.64. The third-order valence-electron chi connectivity index (χ3n) is 3.97. The van der Waals surface area contributed by atoms with Gasteiger partial charge in [-0.05, 0) is 36.2 Å². The van der Waals surface area contributed by atoms with E-state index in [4.69, 9.17) is 5.26 Å². The van der Waals surface area contributed by atoms with E-state index in [-0.39, 0.29) is 5.91 Å². The Kier molecular flexibility index (Phi) is 5.22. The number of carbonyl (C=O) groups excluding carboxylic acids is 1. The molecule has 0 aliphatic heterocycles. The summed E-state index contributed by atoms with van der Waals surface area (Å²) < 4.78 is 2.05. The van der Waals surface area contributed by atoms with Crippen LogP contribution in [0.3, 0.4) is 0 Å². The first-order chi connectivity index (χ1) is 12.3. The molecule has 0 fully saturated rings. The van der Waals surface area contributed by atoms with Crippen LogP contribution in [-0.2, 0) is 19.5 Å². The molecule has 25 heavy (non-hydrogen) atoms. The van der Waals surface area contributed by atoms with Gasteiger partial charge in [0.2, 0.25) is 0 Å². The van der Waals surface area contributed by atoms with E-state index in [1.807, 2.05) is 35.0 Å². The summed E-state index contributed by atoms with van der Waals surface area (Å²) in [6.07, 6.45) is 4.58. The molecule has 0 saturated heterocycles. The fourth-order valence-electron chi connectivity index (χ4n) is 2.56. The van der Waals surface area contributed by atoms with Crippen LogP contribution in [0, 0.1) is 11.3 Å². The molecule has 0 aliphatic rings. The number of hydrogen-bond donors (Lipinski definition) is 1. The normalized spacial score (nSPS) is 10.2. The van der Waals surface area contributed by atoms with Gasteiger partial charge in [0.25, 0.3) is 5.91 Å². The summed E-state index contributed by atoms with van der Waals surface area (Å²) >= 11 is 0. The largest absolute Gasteiger partial charge is 0.345 e. The van der Waals surface area contributed by atoms with Crippen LogP contribution in [-0.4, -0.2) is 15.5 Å². The average molecular weight is 330 g/mol. The number of hydrogen-bond acceptors (Lipinski definition) is 3. The van der Waals surface area contributed by atoms with E-state index in [9.17, 15) is 4.79 Å². The molecule has 5 nitrogen and oxygen atoms in total. The highest BCUT2D eigenvalue weighted by molar-refractivity contribution is 5.94. The summed E-state index contributed by atoms with van der Waals surface area (Å²) in [4.78, 5) is 16.5. The van der Waals surface area contributed by atoms with Gasteiger partial charge in [-0.15, -0.1) is 0 Å². The van der Waals surface area contributed by atoms with Gasteiger partial charge in [0.15, 0.2) is 0 Å². The third-order valence-corrected chi connectivity index (χ3v) is 3.97. The van der Waals surface area contributed by atoms with Gasteiger partial charge in [-0.25, -0.2) is 4.98 Å². The quantitative estimate of drug-likeness (QED) is 0.755. The number of benzene rings is 2. The topological polar surface area (TPSA) is 70.7 Å². The van der Waals surface area contributed by atoms with Gasteiger partial charge < -0.3 is 9.88 Å². The van der Waals surface area contributed by atoms with E-state index in [1.54, 1.807) is 30.5 Å². The van der Waals surface area contributed by atoms with Crippen LogP contribution in [0.2, 0.25) is 0 Å². The van der Waals surface area contributed by atoms with E-state index in [0.717, 1.165) is 18.8 Å². The van der Waals surface area contributed by atoms with Crippen LogP contribution in [0.15, 0.2) is 67.0 Å². The van der Waals surface area contributed by atoms with Crippen molar-refractivity contribution in [3.63, 3.8) is 0 Å². The molecule has 0 spiro atoms. The van der Waals surface area contributed by atoms with Crippen molar-refractivity contribution in [2.45, 2.75) is 19.5 Å². The van der Waals surface area contributed by atoms with Crippen molar-refractivity contribution in [3.8, 4) is 6.07 Å². The lowest BCUT2D eigenvalue weighted by Gasteiger charge is -2.09. The van der Waals surface area contributed by atoms with E-state index < -0.39 is 0 Å². The van der Waals surface area contributed by atoms with E-state index >= 15 is 0 Å². The Labute approximate surface area is 146 Å². The monoisotopic (exact) mass is 330 g/mol. The first-order valence-corrected chi connectivity index (χ1v) is 8.08. The number of nitrogens with zero attached hydrogens (tertiary/aromatic N) is 3. The Balaban J connectivity index is 1.57. The lowest BCUT2D eigenvalue weighted by atomic mass is 10.1. The molecule has 3 aromatic rings. The first-order valence-electron chi connectivity index (χ1n) is 8.08. The number of rotatable bonds is 6. The SMILES string of the molecule is N#Cc1ccc(C(=O)NCc2nccn2CCc2ccccc2)cc1. The maximum atomic E-state index is 12.2. The maximum absolute atomic E-state index is 12.2. The lowest BCUT2D eigenvalue weighted by Crippen LogP contribution is -2.24. The van der Waals surface area contributed by atoms with Gasteiger partial charge in [0, 0.05) is 24.5 Å². The van der Waals surface area contributed by atoms with Gasteiger partial charge in [0.1, 0.15) is 5.82 Å². The molecule has 3 rings (SSSR count). The highest BCUT2D eigenvalue weighted by atomic mass is 16.1. The zero-order chi connectivity index (χ0) is 17.5. The average Bonchev–Trinajstić information content (AvgIpc) is 3.13. The van der Waals surface area contributed by atoms with Crippen LogP contribution in [0.1, 0.15) is 27.3 Å². The number of nitrogens with one attached hydrogen (secondary N) is 1. The predicted octanol–water partition coefficient (Wildman–Crippen LogP) is 2.93. The van der Waals surface area contributed by atoms with Crippen LogP contribution in [0.4, 0.5) is 0 Å². The smallest absolute Gasteiger partial charge is 0.251 e. The van der Waals surface area contributed by atoms with Gasteiger partial charge in [-0.2, -0.15) is 5.26 Å². The molecular weight excluding hydrogens is 312 g/mol. The lowest BCUT2D eigenvalue weighted by molar-refractivity contribution is 0.0949. The fourth-order valence-corrected chi connectivity index (χ4v) is 2.56. The number of carbonyl (C=O) groups is 1. The molecular formula is C20H18N4O. The van der Waals surface area contributed by atoms with E-state index in [2.05, 4.69) is 22.4 Å². The molecule has 0 bridgehead atoms. The van der Waals surface area contributed by atoms with Crippen molar-refractivity contribution in [2.75, 3.05) is 0 Å². The number of aromatic nitrogens is 2. The molecule has 5 heteroatoms. The fraction of sp³-hybridized carbons (Fsp3) is 0.150. The Hall–Kier alpha value is -3.39. The number of amides is 1. The molecule has 0 saturated carbocycles. The van der Waals surface area contributed by atoms with Crippen LogP contribution in [0.5, 0.6) is 0 Å². The third kappa shape index (κ3) is 4.33. The van der Waals surface area contributed by atoms with E-state index in [1.165, 1.54) is 5.56 Å². The maximum Gasteiger partial charge on any atom is 0.251 e. The minimum absolute atomic E-state index is 0.179. The zero-order valence-corrected chi connectivity index (χ0v) is 13.7. The number of nitriles is 1. The second-order valence-electron chi connectivity index (χ2n) is 5.64. The summed E-state index contributed by atoms with van der Waals surface area (Å²) in [6.45, 7) is 1.17. The molecule has 0 unspecified atom stereocenters. The summed E-state index contributed by atoms with van der Waals surface area (Å²) in [5.74, 6) is 0.639. The van der Waals surface area contributed by atoms with Crippen molar-refractivity contribution in [1.29, 1.82) is 5.26 Å². The van der Waals surface area contributed by atoms with Crippen molar-refractivity contribution < 1.29 is 4.79 Å². The predicted molar refractivity (Wildman–Crippen MR) is 94.7 cm³/mol. The second kappa shape index (κ2) is 7.93. The van der Waals surface area contributed by atoms with Crippen molar-refractivity contribution in [2.24, 2.45) is 0 Å². The highest BCUT2D eigenvalue weighted by Gasteiger charge is 2.08. The highest BCUT2D eigenvalue weighted by Crippen LogP contribution is 2.06. The molecule has 0 radical (unpaired) electrons. The molecule has 1 amide bonds. The first kappa shape index (κ1) is 16.5.